The van der Waals surface area contributed by atoms with Crippen LogP contribution in [-0.4, -0.2) is 23.0 Å². The fraction of sp³-hybridized carbons (Fsp3) is 0.182. The molecule has 3 N–H and O–H groups in total. The highest BCUT2D eigenvalue weighted by Crippen LogP contribution is 2.39. The van der Waals surface area contributed by atoms with Gasteiger partial charge in [0.25, 0.3) is 0 Å². The van der Waals surface area contributed by atoms with E-state index in [0.717, 1.165) is 16.3 Å². The Kier molecular flexibility index (Phi) is 5.35. The van der Waals surface area contributed by atoms with Crippen LogP contribution < -0.4 is 10.6 Å². The molecule has 2 unspecified atom stereocenters. The summed E-state index contributed by atoms with van der Waals surface area (Å²) in [5.41, 5.74) is 2.06. The van der Waals surface area contributed by atoms with Crippen LogP contribution in [0, 0.1) is 0 Å². The smallest absolute Gasteiger partial charge is 0.326 e. The number of carboxylic acids is 1. The third kappa shape index (κ3) is 4.16. The molecule has 0 bridgehead atoms. The Balaban J connectivity index is 1.57. The van der Waals surface area contributed by atoms with Gasteiger partial charge in [-0.05, 0) is 28.5 Å². The Hall–Kier alpha value is -2.76. The fourth-order valence-electron chi connectivity index (χ4n) is 3.73. The minimum absolute atomic E-state index is 0.188. The highest BCUT2D eigenvalue weighted by molar-refractivity contribution is 6.35. The number of nitrogens with one attached hydrogen (secondary N) is 2. The lowest BCUT2D eigenvalue weighted by Crippen LogP contribution is -2.41. The SMILES string of the molecule is O=C(Cc1ccc2ccccc2c1)NC1CC(C(=O)O)Nc2cc(Cl)cc(Cl)c21. The predicted octanol–water partition coefficient (Wildman–Crippen LogP) is 4.82. The van der Waals surface area contributed by atoms with Gasteiger partial charge in [0, 0.05) is 27.7 Å². The first-order valence-corrected chi connectivity index (χ1v) is 9.91. The zero-order valence-electron chi connectivity index (χ0n) is 15.3. The van der Waals surface area contributed by atoms with Crippen LogP contribution in [0.3, 0.4) is 0 Å². The largest absolute Gasteiger partial charge is 0.480 e. The van der Waals surface area contributed by atoms with Crippen molar-refractivity contribution in [2.45, 2.75) is 24.9 Å². The summed E-state index contributed by atoms with van der Waals surface area (Å²) in [6, 6.07) is 15.7. The van der Waals surface area contributed by atoms with Gasteiger partial charge in [0.05, 0.1) is 12.5 Å². The van der Waals surface area contributed by atoms with Crippen LogP contribution in [0.1, 0.15) is 23.6 Å². The molecule has 148 valence electrons. The summed E-state index contributed by atoms with van der Waals surface area (Å²) in [6.07, 6.45) is 0.375. The Bertz CT molecular complexity index is 1120. The molecular formula is C22H18Cl2N2O3. The van der Waals surface area contributed by atoms with Crippen LogP contribution in [0.5, 0.6) is 0 Å². The monoisotopic (exact) mass is 428 g/mol. The van der Waals surface area contributed by atoms with E-state index in [2.05, 4.69) is 10.6 Å². The molecule has 0 fully saturated rings. The van der Waals surface area contributed by atoms with E-state index in [0.29, 0.717) is 21.3 Å². The zero-order chi connectivity index (χ0) is 20.5. The number of amides is 1. The number of carbonyl (C=O) groups is 2. The molecule has 1 heterocycles. The predicted molar refractivity (Wildman–Crippen MR) is 115 cm³/mol. The second-order valence-corrected chi connectivity index (χ2v) is 7.94. The number of rotatable bonds is 4. The van der Waals surface area contributed by atoms with Crippen molar-refractivity contribution in [1.82, 2.24) is 5.32 Å². The van der Waals surface area contributed by atoms with E-state index in [4.69, 9.17) is 23.2 Å². The summed E-state index contributed by atoms with van der Waals surface area (Å²) >= 11 is 12.4. The second-order valence-electron chi connectivity index (χ2n) is 7.10. The van der Waals surface area contributed by atoms with E-state index in [9.17, 15) is 14.7 Å². The summed E-state index contributed by atoms with van der Waals surface area (Å²) in [4.78, 5) is 24.3. The number of fused-ring (bicyclic) bond motifs is 2. The number of hydrogen-bond donors (Lipinski definition) is 3. The van der Waals surface area contributed by atoms with Crippen LogP contribution in [0.4, 0.5) is 5.69 Å². The van der Waals surface area contributed by atoms with Crippen molar-refractivity contribution in [1.29, 1.82) is 0 Å². The van der Waals surface area contributed by atoms with Gasteiger partial charge in [-0.2, -0.15) is 0 Å². The molecular weight excluding hydrogens is 411 g/mol. The summed E-state index contributed by atoms with van der Waals surface area (Å²) in [7, 11) is 0. The molecule has 4 rings (SSSR count). The van der Waals surface area contributed by atoms with Crippen LogP contribution in [0.15, 0.2) is 54.6 Å². The van der Waals surface area contributed by atoms with Crippen molar-refractivity contribution < 1.29 is 14.7 Å². The minimum Gasteiger partial charge on any atom is -0.480 e. The Morgan fingerprint density at radius 1 is 1.07 bits per heavy atom. The number of carboxylic acid groups (broad SMARTS) is 1. The van der Waals surface area contributed by atoms with Gasteiger partial charge in [0.1, 0.15) is 6.04 Å². The maximum atomic E-state index is 12.7. The molecule has 3 aromatic carbocycles. The molecule has 0 saturated carbocycles. The summed E-state index contributed by atoms with van der Waals surface area (Å²) < 4.78 is 0. The molecule has 0 radical (unpaired) electrons. The fourth-order valence-corrected chi connectivity index (χ4v) is 4.36. The van der Waals surface area contributed by atoms with Gasteiger partial charge in [-0.1, -0.05) is 65.7 Å². The van der Waals surface area contributed by atoms with Crippen molar-refractivity contribution in [2.24, 2.45) is 0 Å². The standard InChI is InChI=1S/C22H18Cl2N2O3/c23-15-9-16(24)21-17(10-15)25-19(22(28)29)11-18(21)26-20(27)8-12-5-6-13-3-1-2-4-14(13)7-12/h1-7,9-10,18-19,25H,8,11H2,(H,26,27)(H,28,29). The molecule has 1 aliphatic rings. The van der Waals surface area contributed by atoms with Gasteiger partial charge in [-0.25, -0.2) is 4.79 Å². The Labute approximate surface area is 177 Å². The van der Waals surface area contributed by atoms with Crippen LogP contribution >= 0.6 is 23.2 Å². The van der Waals surface area contributed by atoms with E-state index in [-0.39, 0.29) is 18.7 Å². The van der Waals surface area contributed by atoms with Gasteiger partial charge in [-0.3, -0.25) is 4.79 Å². The van der Waals surface area contributed by atoms with Gasteiger partial charge in [-0.15, -0.1) is 0 Å². The van der Waals surface area contributed by atoms with E-state index in [1.54, 1.807) is 12.1 Å². The van der Waals surface area contributed by atoms with Gasteiger partial charge in [0.2, 0.25) is 5.91 Å². The molecule has 1 amide bonds. The van der Waals surface area contributed by atoms with Crippen molar-refractivity contribution in [3.63, 3.8) is 0 Å². The first-order valence-electron chi connectivity index (χ1n) is 9.16. The molecule has 5 nitrogen and oxygen atoms in total. The van der Waals surface area contributed by atoms with Crippen molar-refractivity contribution >= 4 is 51.5 Å². The number of carbonyl (C=O) groups excluding carboxylic acids is 1. The Morgan fingerprint density at radius 2 is 1.83 bits per heavy atom. The van der Waals surface area contributed by atoms with E-state index >= 15 is 0 Å². The molecule has 0 aliphatic carbocycles. The number of benzene rings is 3. The quantitative estimate of drug-likeness (QED) is 0.556. The number of anilines is 1. The molecule has 2 atom stereocenters. The Morgan fingerprint density at radius 3 is 2.59 bits per heavy atom. The zero-order valence-corrected chi connectivity index (χ0v) is 16.8. The van der Waals surface area contributed by atoms with Crippen molar-refractivity contribution in [3.8, 4) is 0 Å². The highest BCUT2D eigenvalue weighted by Gasteiger charge is 2.33. The first kappa shape index (κ1) is 19.6. The van der Waals surface area contributed by atoms with Crippen LogP contribution in [-0.2, 0) is 16.0 Å². The van der Waals surface area contributed by atoms with Crippen LogP contribution in [0.2, 0.25) is 10.0 Å². The normalized spacial score (nSPS) is 18.0. The van der Waals surface area contributed by atoms with Crippen molar-refractivity contribution in [2.75, 3.05) is 5.32 Å². The third-order valence-corrected chi connectivity index (χ3v) is 5.59. The molecule has 29 heavy (non-hydrogen) atoms. The maximum Gasteiger partial charge on any atom is 0.326 e. The third-order valence-electron chi connectivity index (χ3n) is 5.06. The molecule has 3 aromatic rings. The lowest BCUT2D eigenvalue weighted by Gasteiger charge is -2.32. The average molecular weight is 429 g/mol. The topological polar surface area (TPSA) is 78.4 Å². The lowest BCUT2D eigenvalue weighted by atomic mass is 9.92. The summed E-state index contributed by atoms with van der Waals surface area (Å²) in [5, 5.41) is 18.3. The number of hydrogen-bond acceptors (Lipinski definition) is 3. The summed E-state index contributed by atoms with van der Waals surface area (Å²) in [5.74, 6) is -1.20. The number of halogens is 2. The van der Waals surface area contributed by atoms with Gasteiger partial charge in [0.15, 0.2) is 0 Å². The summed E-state index contributed by atoms with van der Waals surface area (Å²) in [6.45, 7) is 0. The molecule has 7 heteroatoms. The van der Waals surface area contributed by atoms with Gasteiger partial charge >= 0.3 is 5.97 Å². The van der Waals surface area contributed by atoms with Crippen LogP contribution in [0.25, 0.3) is 10.8 Å². The number of aliphatic carboxylic acids is 1. The molecule has 0 saturated heterocycles. The molecule has 0 aromatic heterocycles. The highest BCUT2D eigenvalue weighted by atomic mass is 35.5. The molecule has 1 aliphatic heterocycles. The maximum absolute atomic E-state index is 12.7. The lowest BCUT2D eigenvalue weighted by molar-refractivity contribution is -0.138. The van der Waals surface area contributed by atoms with E-state index < -0.39 is 18.1 Å². The van der Waals surface area contributed by atoms with E-state index in [1.807, 2.05) is 42.5 Å². The molecule has 0 spiro atoms. The minimum atomic E-state index is -1.000. The van der Waals surface area contributed by atoms with Gasteiger partial charge < -0.3 is 15.7 Å². The van der Waals surface area contributed by atoms with E-state index in [1.165, 1.54) is 0 Å². The second kappa shape index (κ2) is 7.93. The van der Waals surface area contributed by atoms with Crippen molar-refractivity contribution in [3.05, 3.63) is 75.8 Å². The average Bonchev–Trinajstić information content (AvgIpc) is 2.66. The first-order chi connectivity index (χ1) is 13.9.